The van der Waals surface area contributed by atoms with E-state index in [-0.39, 0.29) is 6.03 Å². The number of nitrogens with zero attached hydrogens (tertiary/aromatic N) is 2. The Morgan fingerprint density at radius 3 is 2.50 bits per heavy atom. The van der Waals surface area contributed by atoms with Crippen molar-refractivity contribution in [2.45, 2.75) is 6.54 Å². The van der Waals surface area contributed by atoms with Gasteiger partial charge in [-0.25, -0.2) is 4.79 Å². The van der Waals surface area contributed by atoms with Crippen LogP contribution in [0.4, 0.5) is 21.9 Å². The smallest absolute Gasteiger partial charge is 0.319 e. The number of hydrogen-bond acceptors (Lipinski definition) is 5. The number of nitrogens with one attached hydrogen (secondary N) is 5. The van der Waals surface area contributed by atoms with Gasteiger partial charge in [-0.2, -0.15) is 0 Å². The predicted octanol–water partition coefficient (Wildman–Crippen LogP) is 3.38. The Morgan fingerprint density at radius 1 is 1.00 bits per heavy atom. The molecular formula is C24H27N7O. The molecular weight excluding hydrogens is 402 g/mol. The summed E-state index contributed by atoms with van der Waals surface area (Å²) < 4.78 is 0. The van der Waals surface area contributed by atoms with E-state index < -0.39 is 0 Å². The van der Waals surface area contributed by atoms with Crippen molar-refractivity contribution in [2.75, 3.05) is 36.8 Å². The van der Waals surface area contributed by atoms with E-state index in [2.05, 4.69) is 31.2 Å². The Kier molecular flexibility index (Phi) is 6.94. The van der Waals surface area contributed by atoms with E-state index in [1.54, 1.807) is 12.4 Å². The van der Waals surface area contributed by atoms with Gasteiger partial charge in [0.2, 0.25) is 0 Å². The van der Waals surface area contributed by atoms with Crippen LogP contribution in [-0.4, -0.2) is 47.9 Å². The molecule has 3 aromatic rings. The summed E-state index contributed by atoms with van der Waals surface area (Å²) >= 11 is 0. The Balaban J connectivity index is 1.35. The van der Waals surface area contributed by atoms with Gasteiger partial charge in [0.15, 0.2) is 0 Å². The van der Waals surface area contributed by atoms with Crippen LogP contribution in [0.3, 0.4) is 0 Å². The molecule has 4 rings (SSSR count). The monoisotopic (exact) mass is 429 g/mol. The second-order valence-corrected chi connectivity index (χ2v) is 7.50. The van der Waals surface area contributed by atoms with Crippen LogP contribution in [0.5, 0.6) is 0 Å². The average Bonchev–Trinajstić information content (AvgIpc) is 2.85. The molecule has 0 saturated carbocycles. The van der Waals surface area contributed by atoms with Crippen LogP contribution in [0.25, 0.3) is 0 Å². The fraction of sp³-hybridized carbons (Fsp3) is 0.208. The Bertz CT molecular complexity index is 1050. The molecule has 2 aromatic carbocycles. The minimum Gasteiger partial charge on any atom is -0.355 e. The van der Waals surface area contributed by atoms with Crippen molar-refractivity contribution in [1.29, 1.82) is 5.41 Å². The normalized spacial score (nSPS) is 13.3. The lowest BCUT2D eigenvalue weighted by molar-refractivity contribution is 0.251. The zero-order chi connectivity index (χ0) is 22.2. The number of anilines is 3. The maximum Gasteiger partial charge on any atom is 0.319 e. The van der Waals surface area contributed by atoms with Gasteiger partial charge in [0, 0.05) is 67.7 Å². The van der Waals surface area contributed by atoms with Gasteiger partial charge in [-0.05, 0) is 48.0 Å². The van der Waals surface area contributed by atoms with E-state index in [1.165, 1.54) is 0 Å². The number of para-hydroxylation sites is 1. The summed E-state index contributed by atoms with van der Waals surface area (Å²) in [5.74, 6) is 0.526. The summed E-state index contributed by atoms with van der Waals surface area (Å²) in [7, 11) is 0. The quantitative estimate of drug-likeness (QED) is 0.305. The van der Waals surface area contributed by atoms with E-state index in [0.717, 1.165) is 48.7 Å². The third-order valence-corrected chi connectivity index (χ3v) is 5.21. The molecule has 0 aliphatic carbocycles. The predicted molar refractivity (Wildman–Crippen MR) is 128 cm³/mol. The first kappa shape index (κ1) is 21.3. The SMILES string of the molecule is N=C(c1ccccc1Nc1ccc(NC(=O)NCc2cccnc2)cc1)N1CCNCC1. The molecule has 2 heterocycles. The largest absolute Gasteiger partial charge is 0.355 e. The van der Waals surface area contributed by atoms with Crippen molar-refractivity contribution in [3.05, 3.63) is 84.2 Å². The van der Waals surface area contributed by atoms with Gasteiger partial charge < -0.3 is 26.2 Å². The number of aromatic nitrogens is 1. The van der Waals surface area contributed by atoms with Crippen LogP contribution in [0.15, 0.2) is 73.1 Å². The second-order valence-electron chi connectivity index (χ2n) is 7.50. The van der Waals surface area contributed by atoms with E-state index >= 15 is 0 Å². The number of amides is 2. The molecule has 1 saturated heterocycles. The van der Waals surface area contributed by atoms with Crippen LogP contribution < -0.4 is 21.3 Å². The van der Waals surface area contributed by atoms with Crippen LogP contribution in [0.1, 0.15) is 11.1 Å². The van der Waals surface area contributed by atoms with Crippen molar-refractivity contribution < 1.29 is 4.79 Å². The summed E-state index contributed by atoms with van der Waals surface area (Å²) in [6.07, 6.45) is 3.42. The minimum absolute atomic E-state index is 0.274. The Morgan fingerprint density at radius 2 is 1.75 bits per heavy atom. The van der Waals surface area contributed by atoms with Crippen molar-refractivity contribution in [1.82, 2.24) is 20.5 Å². The lowest BCUT2D eigenvalue weighted by atomic mass is 10.1. The lowest BCUT2D eigenvalue weighted by Crippen LogP contribution is -2.46. The maximum absolute atomic E-state index is 12.1. The molecule has 1 aromatic heterocycles. The highest BCUT2D eigenvalue weighted by Gasteiger charge is 2.17. The molecule has 2 amide bonds. The number of carbonyl (C=O) groups excluding carboxylic acids is 1. The number of hydrogen-bond donors (Lipinski definition) is 5. The van der Waals surface area contributed by atoms with Gasteiger partial charge in [-0.3, -0.25) is 10.4 Å². The van der Waals surface area contributed by atoms with E-state index in [1.807, 2.05) is 60.7 Å². The molecule has 5 N–H and O–H groups in total. The molecule has 0 unspecified atom stereocenters. The molecule has 1 fully saturated rings. The van der Waals surface area contributed by atoms with Crippen molar-refractivity contribution in [3.63, 3.8) is 0 Å². The van der Waals surface area contributed by atoms with Crippen molar-refractivity contribution in [3.8, 4) is 0 Å². The molecule has 0 atom stereocenters. The van der Waals surface area contributed by atoms with Crippen LogP contribution in [-0.2, 0) is 6.54 Å². The number of rotatable bonds is 6. The van der Waals surface area contributed by atoms with Gasteiger partial charge >= 0.3 is 6.03 Å². The molecule has 0 radical (unpaired) electrons. The zero-order valence-electron chi connectivity index (χ0n) is 17.8. The van der Waals surface area contributed by atoms with Gasteiger partial charge in [0.05, 0.1) is 0 Å². The standard InChI is InChI=1S/C24H27N7O/c25-23(31-14-12-26-13-15-31)21-5-1-2-6-22(21)29-19-7-9-20(10-8-19)30-24(32)28-17-18-4-3-11-27-16-18/h1-11,16,25-26,29H,12-15,17H2,(H2,28,30,32). The van der Waals surface area contributed by atoms with Gasteiger partial charge in [-0.15, -0.1) is 0 Å². The molecule has 1 aliphatic heterocycles. The highest BCUT2D eigenvalue weighted by Crippen LogP contribution is 2.23. The molecule has 1 aliphatic rings. The fourth-order valence-corrected chi connectivity index (χ4v) is 3.51. The molecule has 0 spiro atoms. The number of pyridine rings is 1. The number of benzene rings is 2. The number of carbonyl (C=O) groups is 1. The third-order valence-electron chi connectivity index (χ3n) is 5.21. The summed E-state index contributed by atoms with van der Waals surface area (Å²) in [5.41, 5.74) is 4.26. The average molecular weight is 430 g/mol. The summed E-state index contributed by atoms with van der Waals surface area (Å²) in [6, 6.07) is 18.8. The molecule has 8 nitrogen and oxygen atoms in total. The summed E-state index contributed by atoms with van der Waals surface area (Å²) in [6.45, 7) is 3.85. The highest BCUT2D eigenvalue weighted by molar-refractivity contribution is 6.02. The van der Waals surface area contributed by atoms with E-state index in [0.29, 0.717) is 18.1 Å². The maximum atomic E-state index is 12.1. The summed E-state index contributed by atoms with van der Waals surface area (Å²) in [5, 5.41) is 21.0. The Labute approximate surface area is 187 Å². The highest BCUT2D eigenvalue weighted by atomic mass is 16.2. The van der Waals surface area contributed by atoms with Crippen LogP contribution >= 0.6 is 0 Å². The molecule has 164 valence electrons. The summed E-state index contributed by atoms with van der Waals surface area (Å²) in [4.78, 5) is 18.3. The van der Waals surface area contributed by atoms with Crippen LogP contribution in [0, 0.1) is 5.41 Å². The molecule has 8 heteroatoms. The first-order valence-corrected chi connectivity index (χ1v) is 10.6. The second kappa shape index (κ2) is 10.4. The van der Waals surface area contributed by atoms with Gasteiger partial charge in [0.1, 0.15) is 5.84 Å². The van der Waals surface area contributed by atoms with Crippen molar-refractivity contribution in [2.24, 2.45) is 0 Å². The number of piperazine rings is 1. The van der Waals surface area contributed by atoms with Gasteiger partial charge in [-0.1, -0.05) is 18.2 Å². The molecule has 32 heavy (non-hydrogen) atoms. The lowest BCUT2D eigenvalue weighted by Gasteiger charge is -2.30. The fourth-order valence-electron chi connectivity index (χ4n) is 3.51. The minimum atomic E-state index is -0.274. The third kappa shape index (κ3) is 5.61. The topological polar surface area (TPSA) is 105 Å². The first-order valence-electron chi connectivity index (χ1n) is 10.6. The number of urea groups is 1. The number of amidine groups is 1. The molecule has 0 bridgehead atoms. The zero-order valence-corrected chi connectivity index (χ0v) is 17.8. The van der Waals surface area contributed by atoms with Crippen molar-refractivity contribution >= 4 is 28.9 Å². The first-order chi connectivity index (χ1) is 15.7. The van der Waals surface area contributed by atoms with E-state index in [9.17, 15) is 4.79 Å². The van der Waals surface area contributed by atoms with E-state index in [4.69, 9.17) is 5.41 Å². The Hall–Kier alpha value is -3.91. The van der Waals surface area contributed by atoms with Crippen LogP contribution in [0.2, 0.25) is 0 Å². The van der Waals surface area contributed by atoms with Gasteiger partial charge in [0.25, 0.3) is 0 Å².